The molecule has 0 spiro atoms. The van der Waals surface area contributed by atoms with E-state index in [1.54, 1.807) is 6.92 Å². The van der Waals surface area contributed by atoms with Gasteiger partial charge in [0.2, 0.25) is 0 Å². The van der Waals surface area contributed by atoms with Gasteiger partial charge in [0.05, 0.1) is 0 Å². The van der Waals surface area contributed by atoms with Gasteiger partial charge in [0, 0.05) is 24.3 Å². The molecule has 0 saturated carbocycles. The van der Waals surface area contributed by atoms with Crippen LogP contribution in [0.15, 0.2) is 16.2 Å². The summed E-state index contributed by atoms with van der Waals surface area (Å²) in [6, 6.07) is 0. The van der Waals surface area contributed by atoms with Gasteiger partial charge in [-0.2, -0.15) is 0 Å². The first-order valence-electron chi connectivity index (χ1n) is 2.99. The fraction of sp³-hybridized carbons (Fsp3) is 0.333. The van der Waals surface area contributed by atoms with Gasteiger partial charge in [-0.3, -0.25) is 9.36 Å². The average molecular weight is 172 g/mol. The molecule has 0 radical (unpaired) electrons. The largest absolute Gasteiger partial charge is 0.345 e. The van der Waals surface area contributed by atoms with Gasteiger partial charge in [0.15, 0.2) is 0 Å². The Balaban J connectivity index is 3.55. The Morgan fingerprint density at radius 1 is 1.55 bits per heavy atom. The third kappa shape index (κ3) is 1.19. The second-order valence-electron chi connectivity index (χ2n) is 2.23. The van der Waals surface area contributed by atoms with Crippen LogP contribution >= 0.6 is 11.5 Å². The number of rotatable bonds is 1. The van der Waals surface area contributed by atoms with E-state index in [9.17, 15) is 9.59 Å². The van der Waals surface area contributed by atoms with Crippen LogP contribution in [0.2, 0.25) is 0 Å². The Hall–Kier alpha value is -1.10. The van der Waals surface area contributed by atoms with Gasteiger partial charge in [0.1, 0.15) is 0 Å². The van der Waals surface area contributed by atoms with Gasteiger partial charge < -0.3 is 0 Å². The van der Waals surface area contributed by atoms with Crippen LogP contribution in [-0.4, -0.2) is 8.52 Å². The minimum absolute atomic E-state index is 0.266. The fourth-order valence-corrected chi connectivity index (χ4v) is 1.35. The van der Waals surface area contributed by atoms with Crippen LogP contribution in [0.4, 0.5) is 0 Å². The van der Waals surface area contributed by atoms with E-state index in [2.05, 4.69) is 6.58 Å². The number of allylic oxidation sites excluding steroid dienone is 1. The Labute approximate surface area is 67.2 Å². The molecule has 5 heteroatoms. The molecule has 0 fully saturated rings. The van der Waals surface area contributed by atoms with Crippen molar-refractivity contribution in [3.8, 4) is 0 Å². The van der Waals surface area contributed by atoms with E-state index in [1.807, 2.05) is 0 Å². The zero-order valence-electron chi connectivity index (χ0n) is 6.33. The summed E-state index contributed by atoms with van der Waals surface area (Å²) in [5.41, 5.74) is 0.241. The molecule has 11 heavy (non-hydrogen) atoms. The topological polar surface area (TPSA) is 44.0 Å². The van der Waals surface area contributed by atoms with Crippen molar-refractivity contribution < 1.29 is 0 Å². The third-order valence-electron chi connectivity index (χ3n) is 1.25. The Bertz CT molecular complexity index is 395. The lowest BCUT2D eigenvalue weighted by molar-refractivity contribution is 0.808. The van der Waals surface area contributed by atoms with Crippen LogP contribution in [0.25, 0.3) is 5.70 Å². The molecule has 0 aliphatic heterocycles. The average Bonchev–Trinajstić information content (AvgIpc) is 2.17. The molecule has 0 amide bonds. The van der Waals surface area contributed by atoms with Crippen LogP contribution in [0.3, 0.4) is 0 Å². The summed E-state index contributed by atoms with van der Waals surface area (Å²) in [5.74, 6) is 0. The fourth-order valence-electron chi connectivity index (χ4n) is 0.634. The number of hydrogen-bond acceptors (Lipinski definition) is 3. The minimum Gasteiger partial charge on any atom is -0.255 e. The summed E-state index contributed by atoms with van der Waals surface area (Å²) in [5, 5.41) is 0. The quantitative estimate of drug-likeness (QED) is 0.603. The SMILES string of the molecule is C=C(C)n1sc(=O)n(C)c1=O. The zero-order valence-corrected chi connectivity index (χ0v) is 7.14. The van der Waals surface area contributed by atoms with Crippen molar-refractivity contribution in [2.75, 3.05) is 0 Å². The van der Waals surface area contributed by atoms with Crippen molar-refractivity contribution in [2.24, 2.45) is 7.05 Å². The molecule has 1 aromatic rings. The number of hydrogen-bond donors (Lipinski definition) is 0. The van der Waals surface area contributed by atoms with Crippen molar-refractivity contribution in [3.05, 3.63) is 26.7 Å². The molecule has 0 saturated heterocycles. The normalized spacial score (nSPS) is 10.0. The Morgan fingerprint density at radius 3 is 2.27 bits per heavy atom. The van der Waals surface area contributed by atoms with E-state index in [-0.39, 0.29) is 10.6 Å². The van der Waals surface area contributed by atoms with Crippen LogP contribution in [0, 0.1) is 0 Å². The smallest absolute Gasteiger partial charge is 0.255 e. The maximum Gasteiger partial charge on any atom is 0.345 e. The maximum absolute atomic E-state index is 11.1. The van der Waals surface area contributed by atoms with E-state index in [0.717, 1.165) is 16.1 Å². The number of aromatic nitrogens is 2. The molecule has 60 valence electrons. The monoisotopic (exact) mass is 172 g/mol. The van der Waals surface area contributed by atoms with Gasteiger partial charge >= 0.3 is 10.6 Å². The van der Waals surface area contributed by atoms with Gasteiger partial charge in [-0.15, -0.1) is 0 Å². The molecule has 0 bridgehead atoms. The van der Waals surface area contributed by atoms with Gasteiger partial charge in [-0.1, -0.05) is 6.58 Å². The lowest BCUT2D eigenvalue weighted by atomic mass is 10.6. The highest BCUT2D eigenvalue weighted by Gasteiger charge is 2.04. The molecule has 4 nitrogen and oxygen atoms in total. The summed E-state index contributed by atoms with van der Waals surface area (Å²) in [6.45, 7) is 5.24. The summed E-state index contributed by atoms with van der Waals surface area (Å²) < 4.78 is 2.32. The highest BCUT2D eigenvalue weighted by molar-refractivity contribution is 7.04. The summed E-state index contributed by atoms with van der Waals surface area (Å²) in [7, 11) is 1.45. The molecule has 0 atom stereocenters. The summed E-state index contributed by atoms with van der Waals surface area (Å²) in [6.07, 6.45) is 0. The van der Waals surface area contributed by atoms with Gasteiger partial charge in [-0.05, 0) is 6.92 Å². The molecular formula is C6H8N2O2S. The molecule has 1 aromatic heterocycles. The Morgan fingerprint density at radius 2 is 2.09 bits per heavy atom. The van der Waals surface area contributed by atoms with Crippen molar-refractivity contribution in [3.63, 3.8) is 0 Å². The molecule has 0 aliphatic carbocycles. The zero-order chi connectivity index (χ0) is 8.59. The van der Waals surface area contributed by atoms with Crippen molar-refractivity contribution in [1.82, 2.24) is 8.52 Å². The van der Waals surface area contributed by atoms with E-state index in [4.69, 9.17) is 0 Å². The predicted octanol–water partition coefficient (Wildman–Crippen LogP) is 0.0991. The second-order valence-corrected chi connectivity index (χ2v) is 3.13. The Kier molecular flexibility index (Phi) is 1.82. The summed E-state index contributed by atoms with van der Waals surface area (Å²) >= 11 is 0.861. The first kappa shape index (κ1) is 8.00. The molecule has 0 N–H and O–H groups in total. The lowest BCUT2D eigenvalue weighted by Gasteiger charge is -1.92. The van der Waals surface area contributed by atoms with E-state index in [1.165, 1.54) is 11.0 Å². The first-order valence-corrected chi connectivity index (χ1v) is 3.76. The summed E-state index contributed by atoms with van der Waals surface area (Å²) in [4.78, 5) is 21.7. The highest BCUT2D eigenvalue weighted by atomic mass is 32.1. The first-order chi connectivity index (χ1) is 5.04. The van der Waals surface area contributed by atoms with Crippen LogP contribution in [0.1, 0.15) is 6.92 Å². The van der Waals surface area contributed by atoms with Crippen LogP contribution in [0.5, 0.6) is 0 Å². The molecule has 0 unspecified atom stereocenters. The van der Waals surface area contributed by atoms with Crippen LogP contribution < -0.4 is 10.6 Å². The predicted molar refractivity (Wildman–Crippen MR) is 44.8 cm³/mol. The molecule has 1 heterocycles. The van der Waals surface area contributed by atoms with E-state index < -0.39 is 0 Å². The molecule has 1 rings (SSSR count). The van der Waals surface area contributed by atoms with E-state index >= 15 is 0 Å². The molecule has 0 aliphatic rings. The van der Waals surface area contributed by atoms with Crippen molar-refractivity contribution in [2.45, 2.75) is 6.92 Å². The van der Waals surface area contributed by atoms with Crippen LogP contribution in [-0.2, 0) is 7.05 Å². The van der Waals surface area contributed by atoms with E-state index in [0.29, 0.717) is 5.70 Å². The lowest BCUT2D eigenvalue weighted by Crippen LogP contribution is -2.24. The maximum atomic E-state index is 11.1. The second kappa shape index (κ2) is 2.50. The van der Waals surface area contributed by atoms with Gasteiger partial charge in [0.25, 0.3) is 0 Å². The van der Waals surface area contributed by atoms with Crippen molar-refractivity contribution in [1.29, 1.82) is 0 Å². The molecular weight excluding hydrogens is 164 g/mol. The van der Waals surface area contributed by atoms with Crippen molar-refractivity contribution >= 4 is 17.2 Å². The third-order valence-corrected chi connectivity index (χ3v) is 2.33. The standard InChI is InChI=1S/C6H8N2O2S/c1-4(2)8-5(9)7(3)6(10)11-8/h1H2,2-3H3. The number of nitrogens with zero attached hydrogens (tertiary/aromatic N) is 2. The van der Waals surface area contributed by atoms with Gasteiger partial charge in [-0.25, -0.2) is 8.75 Å². The molecule has 0 aromatic carbocycles. The minimum atomic E-state index is -0.326. The highest BCUT2D eigenvalue weighted by Crippen LogP contribution is 1.95.